The summed E-state index contributed by atoms with van der Waals surface area (Å²) in [6.45, 7) is 0.453. The number of nitrogens with zero attached hydrogens (tertiary/aromatic N) is 3. The summed E-state index contributed by atoms with van der Waals surface area (Å²) in [5.41, 5.74) is 0.414. The fourth-order valence-corrected chi connectivity index (χ4v) is 2.73. The van der Waals surface area contributed by atoms with Crippen molar-refractivity contribution >= 4 is 0 Å². The van der Waals surface area contributed by atoms with E-state index in [9.17, 15) is 9.50 Å². The number of aromatic nitrogens is 3. The molecule has 134 valence electrons. The van der Waals surface area contributed by atoms with Crippen molar-refractivity contribution in [3.05, 3.63) is 48.5 Å². The molecule has 0 atom stereocenters. The second-order valence-corrected chi connectivity index (χ2v) is 6.09. The summed E-state index contributed by atoms with van der Waals surface area (Å²) in [4.78, 5) is 8.31. The Kier molecular flexibility index (Phi) is 6.30. The molecule has 0 N–H and O–H groups in total. The number of hydrogen-bond donors (Lipinski definition) is 0. The van der Waals surface area contributed by atoms with Crippen molar-refractivity contribution in [1.82, 2.24) is 15.1 Å². The van der Waals surface area contributed by atoms with E-state index < -0.39 is 5.88 Å². The Labute approximate surface area is 176 Å². The van der Waals surface area contributed by atoms with E-state index in [2.05, 4.69) is 15.1 Å². The summed E-state index contributed by atoms with van der Waals surface area (Å²) < 4.78 is 29.6. The summed E-state index contributed by atoms with van der Waals surface area (Å²) in [5, 5.41) is 14.3. The number of rotatable bonds is 6. The van der Waals surface area contributed by atoms with Crippen LogP contribution in [0.4, 0.5) is 4.39 Å². The largest absolute Gasteiger partial charge is 1.00 e. The SMILES string of the molecule is [Na+].[O-]c1cc(-c2cnc(O[C@H]3C[C@@H](COc4ccccc4F)C3)cn2)on1. The maximum absolute atomic E-state index is 13.5. The Hall–Kier alpha value is -2.16. The van der Waals surface area contributed by atoms with Gasteiger partial charge < -0.3 is 19.1 Å². The van der Waals surface area contributed by atoms with Gasteiger partial charge in [0.2, 0.25) is 5.88 Å². The minimum atomic E-state index is -0.458. The second-order valence-electron chi connectivity index (χ2n) is 6.09. The Morgan fingerprint density at radius 1 is 1.19 bits per heavy atom. The topological polar surface area (TPSA) is 93.3 Å². The van der Waals surface area contributed by atoms with Crippen molar-refractivity contribution in [3.63, 3.8) is 0 Å². The Morgan fingerprint density at radius 2 is 2.00 bits per heavy atom. The van der Waals surface area contributed by atoms with E-state index in [0.29, 0.717) is 24.1 Å². The molecule has 3 aromatic rings. The van der Waals surface area contributed by atoms with Crippen LogP contribution >= 0.6 is 0 Å². The Balaban J connectivity index is 0.00000210. The van der Waals surface area contributed by atoms with E-state index in [4.69, 9.17) is 14.0 Å². The molecule has 0 spiro atoms. The molecular weight excluding hydrogens is 364 g/mol. The molecule has 7 nitrogen and oxygen atoms in total. The number of hydrogen-bond acceptors (Lipinski definition) is 7. The van der Waals surface area contributed by atoms with Gasteiger partial charge in [0.1, 0.15) is 11.8 Å². The molecule has 1 aromatic carbocycles. The molecular formula is C18H15FN3NaO4. The van der Waals surface area contributed by atoms with Gasteiger partial charge in [0, 0.05) is 11.9 Å². The molecule has 0 unspecified atom stereocenters. The van der Waals surface area contributed by atoms with Crippen molar-refractivity contribution in [1.29, 1.82) is 0 Å². The molecule has 2 heterocycles. The maximum Gasteiger partial charge on any atom is 1.00 e. The van der Waals surface area contributed by atoms with Crippen LogP contribution in [0.5, 0.6) is 17.5 Å². The fourth-order valence-electron chi connectivity index (χ4n) is 2.73. The van der Waals surface area contributed by atoms with Gasteiger partial charge in [-0.05, 0) is 30.9 Å². The van der Waals surface area contributed by atoms with E-state index in [0.717, 1.165) is 12.8 Å². The average molecular weight is 379 g/mol. The number of halogens is 1. The first-order chi connectivity index (χ1) is 12.7. The number of benzene rings is 1. The van der Waals surface area contributed by atoms with E-state index in [1.807, 2.05) is 0 Å². The zero-order valence-corrected chi connectivity index (χ0v) is 16.7. The van der Waals surface area contributed by atoms with Gasteiger partial charge in [-0.15, -0.1) is 0 Å². The van der Waals surface area contributed by atoms with Crippen LogP contribution in [0.25, 0.3) is 11.5 Å². The van der Waals surface area contributed by atoms with Crippen molar-refractivity contribution in [2.75, 3.05) is 6.61 Å². The van der Waals surface area contributed by atoms with E-state index >= 15 is 0 Å². The third-order valence-corrected chi connectivity index (χ3v) is 4.16. The summed E-state index contributed by atoms with van der Waals surface area (Å²) in [7, 11) is 0. The van der Waals surface area contributed by atoms with Gasteiger partial charge in [0.15, 0.2) is 17.3 Å². The normalized spacial score (nSPS) is 18.3. The first-order valence-corrected chi connectivity index (χ1v) is 8.17. The van der Waals surface area contributed by atoms with Crippen LogP contribution in [0.2, 0.25) is 0 Å². The number of para-hydroxylation sites is 1. The fraction of sp³-hybridized carbons (Fsp3) is 0.278. The summed E-state index contributed by atoms with van der Waals surface area (Å²) in [6.07, 6.45) is 4.58. The van der Waals surface area contributed by atoms with Crippen LogP contribution in [0, 0.1) is 11.7 Å². The van der Waals surface area contributed by atoms with Crippen molar-refractivity contribution < 1.29 is 53.1 Å². The van der Waals surface area contributed by atoms with Crippen LogP contribution in [0.3, 0.4) is 0 Å². The molecule has 0 aliphatic heterocycles. The second kappa shape index (κ2) is 8.69. The van der Waals surface area contributed by atoms with Crippen LogP contribution in [0.15, 0.2) is 47.2 Å². The molecule has 1 fully saturated rings. The minimum Gasteiger partial charge on any atom is -0.856 e. The van der Waals surface area contributed by atoms with Gasteiger partial charge in [0.05, 0.1) is 19.0 Å². The zero-order valence-electron chi connectivity index (χ0n) is 14.7. The average Bonchev–Trinajstić information content (AvgIpc) is 3.05. The van der Waals surface area contributed by atoms with Gasteiger partial charge in [-0.25, -0.2) is 14.4 Å². The van der Waals surface area contributed by atoms with Crippen molar-refractivity contribution in [3.8, 4) is 29.0 Å². The summed E-state index contributed by atoms with van der Waals surface area (Å²) in [6, 6.07) is 7.61. The van der Waals surface area contributed by atoms with Crippen LogP contribution in [0.1, 0.15) is 12.8 Å². The van der Waals surface area contributed by atoms with E-state index in [-0.39, 0.29) is 53.0 Å². The molecule has 0 amide bonds. The molecule has 4 rings (SSSR count). The Bertz CT molecular complexity index is 884. The van der Waals surface area contributed by atoms with Crippen LogP contribution in [-0.2, 0) is 0 Å². The van der Waals surface area contributed by atoms with Gasteiger partial charge >= 0.3 is 29.6 Å². The summed E-state index contributed by atoms with van der Waals surface area (Å²) in [5.74, 6) is 0.437. The molecule has 0 bridgehead atoms. The van der Waals surface area contributed by atoms with Crippen LogP contribution in [-0.4, -0.2) is 27.8 Å². The molecule has 27 heavy (non-hydrogen) atoms. The van der Waals surface area contributed by atoms with Gasteiger partial charge in [-0.3, -0.25) is 0 Å². The first kappa shape index (κ1) is 19.6. The van der Waals surface area contributed by atoms with Gasteiger partial charge in [0.25, 0.3) is 0 Å². The monoisotopic (exact) mass is 379 g/mol. The maximum atomic E-state index is 13.5. The molecule has 9 heteroatoms. The molecule has 1 aliphatic carbocycles. The molecule has 0 saturated heterocycles. The van der Waals surface area contributed by atoms with E-state index in [1.165, 1.54) is 24.5 Å². The molecule has 1 aliphatic rings. The van der Waals surface area contributed by atoms with E-state index in [1.54, 1.807) is 18.2 Å². The first-order valence-electron chi connectivity index (χ1n) is 8.17. The van der Waals surface area contributed by atoms with Crippen molar-refractivity contribution in [2.24, 2.45) is 5.92 Å². The predicted molar refractivity (Wildman–Crippen MR) is 86.0 cm³/mol. The Morgan fingerprint density at radius 3 is 2.67 bits per heavy atom. The van der Waals surface area contributed by atoms with Crippen LogP contribution < -0.4 is 44.1 Å². The number of ether oxygens (including phenoxy) is 2. The molecule has 0 radical (unpaired) electrons. The third-order valence-electron chi connectivity index (χ3n) is 4.16. The molecule has 1 saturated carbocycles. The summed E-state index contributed by atoms with van der Waals surface area (Å²) >= 11 is 0. The van der Waals surface area contributed by atoms with Gasteiger partial charge in [-0.1, -0.05) is 17.3 Å². The standard InChI is InChI=1S/C18H16FN3O4.Na/c19-13-3-1-2-4-15(13)24-10-11-5-12(6-11)25-18-9-20-14(8-21-18)16-7-17(23)22-26-16;/h1-4,7-9,11-12H,5-6,10H2,(H,22,23);/q;+1/p-1/t11-,12+;. The molecule has 2 aromatic heterocycles. The zero-order chi connectivity index (χ0) is 17.9. The smallest absolute Gasteiger partial charge is 0.856 e. The predicted octanol–water partition coefficient (Wildman–Crippen LogP) is -0.415. The quantitative estimate of drug-likeness (QED) is 0.537. The van der Waals surface area contributed by atoms with Gasteiger partial charge in [-0.2, -0.15) is 0 Å². The van der Waals surface area contributed by atoms with Crippen molar-refractivity contribution in [2.45, 2.75) is 18.9 Å². The third kappa shape index (κ3) is 4.77. The minimum absolute atomic E-state index is 0.